The van der Waals surface area contributed by atoms with Crippen molar-refractivity contribution < 1.29 is 4.79 Å². The zero-order valence-corrected chi connectivity index (χ0v) is 13.9. The van der Waals surface area contributed by atoms with Crippen molar-refractivity contribution in [1.29, 1.82) is 0 Å². The molecule has 2 rings (SSSR count). The van der Waals surface area contributed by atoms with Crippen molar-refractivity contribution in [3.8, 4) is 0 Å². The molecule has 0 spiro atoms. The molecule has 21 heavy (non-hydrogen) atoms. The summed E-state index contributed by atoms with van der Waals surface area (Å²) in [6, 6.07) is -0.0947. The normalized spacial score (nSPS) is 12.4. The Labute approximate surface area is 128 Å². The van der Waals surface area contributed by atoms with Gasteiger partial charge in [-0.3, -0.25) is 9.48 Å². The van der Waals surface area contributed by atoms with Gasteiger partial charge in [0.25, 0.3) is 5.91 Å². The Morgan fingerprint density at radius 3 is 2.71 bits per heavy atom. The number of carbonyl (C=O) groups excluding carboxylic acids is 1. The van der Waals surface area contributed by atoms with Gasteiger partial charge in [0.15, 0.2) is 0 Å². The SMILES string of the molecule is CCCc1nnsc1C(=O)N[C@@H](C)c1c(C)nn(C)c1C. The summed E-state index contributed by atoms with van der Waals surface area (Å²) in [5.41, 5.74) is 3.86. The average Bonchev–Trinajstić information content (AvgIpc) is 2.96. The second kappa shape index (κ2) is 6.34. The van der Waals surface area contributed by atoms with Gasteiger partial charge in [0.2, 0.25) is 0 Å². The topological polar surface area (TPSA) is 72.7 Å². The molecule has 1 N–H and O–H groups in total. The minimum absolute atomic E-state index is 0.0947. The van der Waals surface area contributed by atoms with E-state index in [0.29, 0.717) is 4.88 Å². The van der Waals surface area contributed by atoms with Gasteiger partial charge in [-0.1, -0.05) is 17.8 Å². The lowest BCUT2D eigenvalue weighted by atomic mass is 10.1. The Morgan fingerprint density at radius 1 is 1.43 bits per heavy atom. The van der Waals surface area contributed by atoms with Gasteiger partial charge in [0, 0.05) is 18.3 Å². The molecule has 0 fully saturated rings. The van der Waals surface area contributed by atoms with E-state index in [9.17, 15) is 4.79 Å². The van der Waals surface area contributed by atoms with Crippen molar-refractivity contribution >= 4 is 17.4 Å². The number of rotatable bonds is 5. The molecule has 1 amide bonds. The van der Waals surface area contributed by atoms with Gasteiger partial charge < -0.3 is 5.32 Å². The van der Waals surface area contributed by atoms with Crippen molar-refractivity contribution in [3.63, 3.8) is 0 Å². The Hall–Kier alpha value is -1.76. The lowest BCUT2D eigenvalue weighted by molar-refractivity contribution is 0.0942. The van der Waals surface area contributed by atoms with Crippen LogP contribution in [0.25, 0.3) is 0 Å². The summed E-state index contributed by atoms with van der Waals surface area (Å²) in [4.78, 5) is 13.0. The Kier molecular flexibility index (Phi) is 4.72. The van der Waals surface area contributed by atoms with Crippen LogP contribution < -0.4 is 5.32 Å². The minimum Gasteiger partial charge on any atom is -0.345 e. The number of aromatic nitrogens is 4. The smallest absolute Gasteiger partial charge is 0.265 e. The molecule has 0 aliphatic rings. The Balaban J connectivity index is 2.17. The molecule has 0 aromatic carbocycles. The average molecular weight is 307 g/mol. The van der Waals surface area contributed by atoms with Gasteiger partial charge in [-0.15, -0.1) is 5.10 Å². The number of hydrogen-bond donors (Lipinski definition) is 1. The first-order valence-corrected chi connectivity index (χ1v) is 7.85. The first-order chi connectivity index (χ1) is 9.95. The van der Waals surface area contributed by atoms with Crippen molar-refractivity contribution in [2.45, 2.75) is 46.6 Å². The van der Waals surface area contributed by atoms with Crippen molar-refractivity contribution in [2.75, 3.05) is 0 Å². The van der Waals surface area contributed by atoms with Crippen molar-refractivity contribution in [1.82, 2.24) is 24.7 Å². The maximum Gasteiger partial charge on any atom is 0.265 e. The van der Waals surface area contributed by atoms with Crippen LogP contribution in [-0.2, 0) is 13.5 Å². The highest BCUT2D eigenvalue weighted by Crippen LogP contribution is 2.22. The van der Waals surface area contributed by atoms with Crippen LogP contribution in [0.4, 0.5) is 0 Å². The van der Waals surface area contributed by atoms with Crippen LogP contribution in [-0.4, -0.2) is 25.3 Å². The zero-order valence-electron chi connectivity index (χ0n) is 13.1. The summed E-state index contributed by atoms with van der Waals surface area (Å²) < 4.78 is 5.73. The third-order valence-corrected chi connectivity index (χ3v) is 4.36. The predicted molar refractivity (Wildman–Crippen MR) is 82.5 cm³/mol. The van der Waals surface area contributed by atoms with E-state index in [-0.39, 0.29) is 11.9 Å². The van der Waals surface area contributed by atoms with E-state index in [0.717, 1.165) is 47.0 Å². The van der Waals surface area contributed by atoms with Crippen LogP contribution in [0.15, 0.2) is 0 Å². The van der Waals surface area contributed by atoms with Gasteiger partial charge in [-0.2, -0.15) is 5.10 Å². The van der Waals surface area contributed by atoms with Gasteiger partial charge >= 0.3 is 0 Å². The van der Waals surface area contributed by atoms with E-state index < -0.39 is 0 Å². The molecular weight excluding hydrogens is 286 g/mol. The molecule has 0 radical (unpaired) electrons. The summed E-state index contributed by atoms with van der Waals surface area (Å²) in [6.45, 7) is 8.01. The molecule has 0 bridgehead atoms. The monoisotopic (exact) mass is 307 g/mol. The minimum atomic E-state index is -0.108. The van der Waals surface area contributed by atoms with Crippen molar-refractivity contribution in [2.24, 2.45) is 7.05 Å². The molecule has 0 saturated heterocycles. The van der Waals surface area contributed by atoms with E-state index >= 15 is 0 Å². The summed E-state index contributed by atoms with van der Waals surface area (Å²) in [7, 11) is 1.91. The number of nitrogens with zero attached hydrogens (tertiary/aromatic N) is 4. The Bertz CT molecular complexity index is 646. The van der Waals surface area contributed by atoms with E-state index in [1.165, 1.54) is 0 Å². The van der Waals surface area contributed by atoms with Crippen LogP contribution >= 0.6 is 11.5 Å². The van der Waals surface area contributed by atoms with Crippen LogP contribution in [0.3, 0.4) is 0 Å². The second-order valence-corrected chi connectivity index (χ2v) is 5.96. The summed E-state index contributed by atoms with van der Waals surface area (Å²) in [5, 5.41) is 11.5. The van der Waals surface area contributed by atoms with Crippen molar-refractivity contribution in [3.05, 3.63) is 27.5 Å². The van der Waals surface area contributed by atoms with E-state index in [4.69, 9.17) is 0 Å². The lowest BCUT2D eigenvalue weighted by Crippen LogP contribution is -2.27. The third-order valence-electron chi connectivity index (χ3n) is 3.59. The van der Waals surface area contributed by atoms with Crippen LogP contribution in [0, 0.1) is 13.8 Å². The number of nitrogens with one attached hydrogen (secondary N) is 1. The van der Waals surface area contributed by atoms with Crippen LogP contribution in [0.5, 0.6) is 0 Å². The second-order valence-electron chi connectivity index (χ2n) is 5.20. The fourth-order valence-corrected chi connectivity index (χ4v) is 3.14. The number of aryl methyl sites for hydroxylation is 3. The van der Waals surface area contributed by atoms with Crippen LogP contribution in [0.2, 0.25) is 0 Å². The summed E-state index contributed by atoms with van der Waals surface area (Å²) in [5.74, 6) is -0.108. The largest absolute Gasteiger partial charge is 0.345 e. The fraction of sp³-hybridized carbons (Fsp3) is 0.571. The van der Waals surface area contributed by atoms with E-state index in [2.05, 4.69) is 26.9 Å². The van der Waals surface area contributed by atoms with Gasteiger partial charge in [0.05, 0.1) is 17.4 Å². The lowest BCUT2D eigenvalue weighted by Gasteiger charge is -2.14. The predicted octanol–water partition coefficient (Wildman–Crippen LogP) is 2.33. The van der Waals surface area contributed by atoms with E-state index in [1.807, 2.05) is 32.5 Å². The number of hydrogen-bond acceptors (Lipinski definition) is 5. The van der Waals surface area contributed by atoms with E-state index in [1.54, 1.807) is 0 Å². The van der Waals surface area contributed by atoms with Gasteiger partial charge in [-0.05, 0) is 38.7 Å². The molecule has 6 nitrogen and oxygen atoms in total. The molecule has 114 valence electrons. The van der Waals surface area contributed by atoms with Crippen LogP contribution in [0.1, 0.15) is 58.6 Å². The molecule has 2 heterocycles. The molecule has 0 saturated carbocycles. The highest BCUT2D eigenvalue weighted by molar-refractivity contribution is 7.08. The molecule has 0 aliphatic heterocycles. The molecule has 0 aliphatic carbocycles. The first kappa shape index (κ1) is 15.6. The molecular formula is C14H21N5OS. The zero-order chi connectivity index (χ0) is 15.6. The van der Waals surface area contributed by atoms with Gasteiger partial charge in [0.1, 0.15) is 4.88 Å². The summed E-state index contributed by atoms with van der Waals surface area (Å²) >= 11 is 1.15. The Morgan fingerprint density at radius 2 is 2.14 bits per heavy atom. The molecule has 7 heteroatoms. The maximum atomic E-state index is 12.4. The number of amides is 1. The number of carbonyl (C=O) groups is 1. The molecule has 2 aromatic heterocycles. The highest BCUT2D eigenvalue weighted by Gasteiger charge is 2.21. The van der Waals surface area contributed by atoms with Gasteiger partial charge in [-0.25, -0.2) is 0 Å². The molecule has 2 aromatic rings. The summed E-state index contributed by atoms with van der Waals surface area (Å²) in [6.07, 6.45) is 1.72. The molecule has 0 unspecified atom stereocenters. The third kappa shape index (κ3) is 3.12. The molecule has 1 atom stereocenters. The fourth-order valence-electron chi connectivity index (χ4n) is 2.53. The highest BCUT2D eigenvalue weighted by atomic mass is 32.1. The first-order valence-electron chi connectivity index (χ1n) is 7.07. The quantitative estimate of drug-likeness (QED) is 0.920. The standard InChI is InChI=1S/C14H21N5OS/c1-6-7-11-13(21-18-16-11)14(20)15-8(2)12-9(3)17-19(5)10(12)4/h8H,6-7H2,1-5H3,(H,15,20)/t8-/m0/s1. The maximum absolute atomic E-state index is 12.4.